The fourth-order valence-electron chi connectivity index (χ4n) is 3.00. The first-order valence-corrected chi connectivity index (χ1v) is 9.14. The average molecular weight is 509 g/mol. The monoisotopic (exact) mass is 509 g/mol. The number of H-pyrrole nitrogens is 1. The number of piperidine rings is 1. The zero-order chi connectivity index (χ0) is 19.1. The number of hydrogen-bond acceptors (Lipinski definition) is 5. The van der Waals surface area contributed by atoms with E-state index in [1.807, 2.05) is 6.92 Å². The molecule has 3 N–H and O–H groups in total. The van der Waals surface area contributed by atoms with Gasteiger partial charge in [0.1, 0.15) is 12.4 Å². The topological polar surface area (TPSA) is 94.4 Å². The van der Waals surface area contributed by atoms with Crippen molar-refractivity contribution in [3.05, 3.63) is 24.2 Å². The van der Waals surface area contributed by atoms with Crippen LogP contribution < -0.4 is 10.6 Å². The third-order valence-corrected chi connectivity index (χ3v) is 4.33. The number of alkyl halides is 2. The molecule has 1 fully saturated rings. The van der Waals surface area contributed by atoms with Gasteiger partial charge in [-0.15, -0.1) is 29.1 Å². The summed E-state index contributed by atoms with van der Waals surface area (Å²) in [4.78, 5) is 10.7. The molecule has 1 aliphatic rings. The maximum absolute atomic E-state index is 12.5. The molecular formula is C17H26F2IN7O. The van der Waals surface area contributed by atoms with Gasteiger partial charge in [-0.25, -0.2) is 18.8 Å². The quantitative estimate of drug-likeness (QED) is 0.302. The van der Waals surface area contributed by atoms with Gasteiger partial charge in [0.15, 0.2) is 11.7 Å². The average Bonchev–Trinajstić information content (AvgIpc) is 3.32. The van der Waals surface area contributed by atoms with Crippen molar-refractivity contribution in [2.45, 2.75) is 38.8 Å². The van der Waals surface area contributed by atoms with Crippen LogP contribution in [0.5, 0.6) is 0 Å². The number of likely N-dealkylation sites (tertiary alicyclic amines) is 1. The van der Waals surface area contributed by atoms with Gasteiger partial charge in [-0.1, -0.05) is 0 Å². The van der Waals surface area contributed by atoms with Crippen molar-refractivity contribution in [2.75, 3.05) is 26.2 Å². The molecule has 1 saturated heterocycles. The van der Waals surface area contributed by atoms with Gasteiger partial charge in [0, 0.05) is 25.7 Å². The number of nitrogens with one attached hydrogen (secondary N) is 3. The summed E-state index contributed by atoms with van der Waals surface area (Å²) in [5.41, 5.74) is 0. The molecular weight excluding hydrogens is 483 g/mol. The van der Waals surface area contributed by atoms with Gasteiger partial charge in [0.05, 0.1) is 12.8 Å². The lowest BCUT2D eigenvalue weighted by Gasteiger charge is -2.32. The van der Waals surface area contributed by atoms with Crippen molar-refractivity contribution in [3.63, 3.8) is 0 Å². The highest BCUT2D eigenvalue weighted by molar-refractivity contribution is 14.0. The number of aromatic amines is 1. The minimum atomic E-state index is -2.28. The molecule has 8 nitrogen and oxygen atoms in total. The van der Waals surface area contributed by atoms with Crippen molar-refractivity contribution in [1.82, 2.24) is 30.7 Å². The summed E-state index contributed by atoms with van der Waals surface area (Å²) in [7, 11) is 0. The predicted molar refractivity (Wildman–Crippen MR) is 113 cm³/mol. The van der Waals surface area contributed by atoms with Gasteiger partial charge >= 0.3 is 0 Å². The van der Waals surface area contributed by atoms with E-state index in [9.17, 15) is 8.78 Å². The number of rotatable bonds is 7. The van der Waals surface area contributed by atoms with Crippen LogP contribution in [-0.2, 0) is 6.54 Å². The maximum Gasteiger partial charge on any atom is 0.251 e. The highest BCUT2D eigenvalue weighted by Gasteiger charge is 2.22. The number of guanidine groups is 1. The number of nitrogens with zero attached hydrogens (tertiary/aromatic N) is 4. The summed E-state index contributed by atoms with van der Waals surface area (Å²) in [6, 6.07) is 3.79. The molecule has 3 rings (SSSR count). The Hall–Kier alpha value is -1.76. The fourth-order valence-corrected chi connectivity index (χ4v) is 3.00. The van der Waals surface area contributed by atoms with Crippen LogP contribution in [0.25, 0.3) is 11.6 Å². The van der Waals surface area contributed by atoms with Gasteiger partial charge in [0.2, 0.25) is 5.82 Å². The Bertz CT molecular complexity index is 715. The van der Waals surface area contributed by atoms with Crippen LogP contribution in [0.2, 0.25) is 0 Å². The zero-order valence-electron chi connectivity index (χ0n) is 15.7. The van der Waals surface area contributed by atoms with E-state index in [1.165, 1.54) is 0 Å². The first-order valence-electron chi connectivity index (χ1n) is 9.14. The molecule has 0 amide bonds. The molecule has 2 aromatic heterocycles. The summed E-state index contributed by atoms with van der Waals surface area (Å²) in [6.07, 6.45) is 0.911. The summed E-state index contributed by atoms with van der Waals surface area (Å²) >= 11 is 0. The molecule has 0 aromatic carbocycles. The molecule has 0 spiro atoms. The Morgan fingerprint density at radius 1 is 1.43 bits per heavy atom. The van der Waals surface area contributed by atoms with Crippen molar-refractivity contribution in [1.29, 1.82) is 0 Å². The summed E-state index contributed by atoms with van der Waals surface area (Å²) in [5, 5.41) is 13.6. The predicted octanol–water partition coefficient (Wildman–Crippen LogP) is 2.47. The van der Waals surface area contributed by atoms with Gasteiger partial charge in [-0.05, 0) is 31.9 Å². The highest BCUT2D eigenvalue weighted by atomic mass is 127. The fraction of sp³-hybridized carbons (Fsp3) is 0.588. The summed E-state index contributed by atoms with van der Waals surface area (Å²) in [5.74, 6) is 2.41. The molecule has 0 saturated carbocycles. The van der Waals surface area contributed by atoms with Crippen molar-refractivity contribution < 1.29 is 13.2 Å². The summed E-state index contributed by atoms with van der Waals surface area (Å²) < 4.78 is 30.2. The van der Waals surface area contributed by atoms with Crippen molar-refractivity contribution in [2.24, 2.45) is 4.99 Å². The first-order chi connectivity index (χ1) is 13.1. The lowest BCUT2D eigenvalue weighted by atomic mass is 10.1. The molecule has 0 aliphatic carbocycles. The van der Waals surface area contributed by atoms with Crippen LogP contribution in [-0.4, -0.2) is 64.7 Å². The highest BCUT2D eigenvalue weighted by Crippen LogP contribution is 2.15. The van der Waals surface area contributed by atoms with E-state index in [4.69, 9.17) is 4.42 Å². The Morgan fingerprint density at radius 2 is 2.21 bits per heavy atom. The van der Waals surface area contributed by atoms with Crippen LogP contribution in [0, 0.1) is 0 Å². The molecule has 0 unspecified atom stereocenters. The van der Waals surface area contributed by atoms with Crippen LogP contribution in [0.4, 0.5) is 8.78 Å². The smallest absolute Gasteiger partial charge is 0.251 e. The Morgan fingerprint density at radius 3 is 2.86 bits per heavy atom. The lowest BCUT2D eigenvalue weighted by Crippen LogP contribution is -2.49. The molecule has 28 heavy (non-hydrogen) atoms. The van der Waals surface area contributed by atoms with Gasteiger partial charge in [-0.3, -0.25) is 10.00 Å². The Labute approximate surface area is 179 Å². The van der Waals surface area contributed by atoms with Gasteiger partial charge in [-0.2, -0.15) is 0 Å². The molecule has 0 atom stereocenters. The van der Waals surface area contributed by atoms with Gasteiger partial charge < -0.3 is 15.1 Å². The van der Waals surface area contributed by atoms with Crippen molar-refractivity contribution in [3.8, 4) is 11.6 Å². The van der Waals surface area contributed by atoms with Crippen molar-refractivity contribution >= 4 is 29.9 Å². The number of furan rings is 1. The Kier molecular flexibility index (Phi) is 9.09. The Balaban J connectivity index is 0.00000280. The van der Waals surface area contributed by atoms with Crippen LogP contribution in [0.15, 0.2) is 27.8 Å². The van der Waals surface area contributed by atoms with Crippen LogP contribution in [0.1, 0.15) is 25.6 Å². The normalized spacial score (nSPS) is 16.2. The number of hydrogen-bond donors (Lipinski definition) is 3. The second-order valence-corrected chi connectivity index (χ2v) is 6.39. The number of aliphatic imine (C=N–C) groups is 1. The second-order valence-electron chi connectivity index (χ2n) is 6.39. The molecule has 11 heteroatoms. The van der Waals surface area contributed by atoms with Crippen LogP contribution in [0.3, 0.4) is 0 Å². The largest absolute Gasteiger partial charge is 0.461 e. The number of aromatic nitrogens is 3. The molecule has 156 valence electrons. The molecule has 2 aromatic rings. The van der Waals surface area contributed by atoms with E-state index in [1.54, 1.807) is 23.3 Å². The maximum atomic E-state index is 12.5. The standard InChI is InChI=1S/C17H25F2N7O.HI/c1-2-20-17(22-12-5-7-26(8-6-12)11-14(18)19)21-10-15-23-16(25-24-15)13-4-3-9-27-13;/h3-4,9,12,14H,2,5-8,10-11H2,1H3,(H2,20,21,22)(H,23,24,25);1H. The third kappa shape index (κ3) is 6.69. The van der Waals surface area contributed by atoms with E-state index in [2.05, 4.69) is 30.8 Å². The second kappa shape index (κ2) is 11.3. The SMILES string of the molecule is CCNC(=NCc1nc(-c2ccco2)n[nH]1)NC1CCN(CC(F)F)CC1.I. The van der Waals surface area contributed by atoms with Crippen LogP contribution >= 0.6 is 24.0 Å². The molecule has 1 aliphatic heterocycles. The molecule has 0 radical (unpaired) electrons. The zero-order valence-corrected chi connectivity index (χ0v) is 18.0. The van der Waals surface area contributed by atoms with E-state index in [0.29, 0.717) is 43.0 Å². The van der Waals surface area contributed by atoms with Gasteiger partial charge in [0.25, 0.3) is 6.43 Å². The summed E-state index contributed by atoms with van der Waals surface area (Å²) in [6.45, 7) is 4.24. The number of halogens is 3. The minimum Gasteiger partial charge on any atom is -0.461 e. The van der Waals surface area contributed by atoms with E-state index in [-0.39, 0.29) is 36.6 Å². The first kappa shape index (κ1) is 22.5. The minimum absolute atomic E-state index is 0. The van der Waals surface area contributed by atoms with E-state index < -0.39 is 6.43 Å². The third-order valence-electron chi connectivity index (χ3n) is 4.33. The molecule has 0 bridgehead atoms. The van der Waals surface area contributed by atoms with E-state index in [0.717, 1.165) is 19.4 Å². The van der Waals surface area contributed by atoms with E-state index >= 15 is 0 Å². The molecule has 3 heterocycles. The lowest BCUT2D eigenvalue weighted by molar-refractivity contribution is 0.0744.